The predicted molar refractivity (Wildman–Crippen MR) is 44.1 cm³/mol. The molecule has 0 saturated carbocycles. The molecule has 0 fully saturated rings. The number of rotatable bonds is 0. The molecule has 0 atom stereocenters. The molecule has 0 aliphatic heterocycles. The van der Waals surface area contributed by atoms with Crippen molar-refractivity contribution in [1.29, 1.82) is 0 Å². The molecule has 5 heavy (non-hydrogen) atoms. The first kappa shape index (κ1) is 24.3. The number of hydrogen-bond donors (Lipinski definition) is 0. The first-order chi connectivity index (χ1) is 1.00. The van der Waals surface area contributed by atoms with E-state index in [1.807, 2.05) is 0 Å². The second-order valence-electron chi connectivity index (χ2n) is 0. The van der Waals surface area contributed by atoms with Gasteiger partial charge >= 0.3 is 67.3 Å². The Morgan fingerprint density at radius 2 is 1.20 bits per heavy atom. The second kappa shape index (κ2) is 27.6. The molecular formula is H11AlBCaNaSi. The van der Waals surface area contributed by atoms with Crippen LogP contribution in [-0.2, 0) is 0 Å². The van der Waals surface area contributed by atoms with Crippen LogP contribution in [0, 0.1) is 0 Å². The van der Waals surface area contributed by atoms with Crippen molar-refractivity contribution in [3.05, 3.63) is 0 Å². The van der Waals surface area contributed by atoms with Gasteiger partial charge in [-0.25, -0.2) is 0 Å². The van der Waals surface area contributed by atoms with Gasteiger partial charge in [-0.05, 0) is 10.1 Å². The van der Waals surface area contributed by atoms with Crippen molar-refractivity contribution in [3.8, 4) is 0 Å². The third-order valence-corrected chi connectivity index (χ3v) is 0. The van der Waals surface area contributed by atoms with Gasteiger partial charge in [0.15, 0.2) is 17.4 Å². The van der Waals surface area contributed by atoms with Crippen LogP contribution in [0.4, 0.5) is 0 Å². The van der Waals surface area contributed by atoms with Gasteiger partial charge in [0.25, 0.3) is 0 Å². The van der Waals surface area contributed by atoms with E-state index < -0.39 is 0 Å². The van der Waals surface area contributed by atoms with Crippen molar-refractivity contribution >= 4 is 102 Å². The molecule has 0 N–H and O–H groups in total. The molecule has 0 bridgehead atoms. The van der Waals surface area contributed by atoms with Crippen molar-refractivity contribution in [2.45, 2.75) is 0 Å². The summed E-state index contributed by atoms with van der Waals surface area (Å²) in [5, 5.41) is 0. The molecule has 0 unspecified atom stereocenters. The van der Waals surface area contributed by atoms with Gasteiger partial charge in [0.1, 0.15) is 0 Å². The van der Waals surface area contributed by atoms with Gasteiger partial charge < -0.3 is 0 Å². The zero-order chi connectivity index (χ0) is 2.00. The van der Waals surface area contributed by atoms with Crippen molar-refractivity contribution in [2.75, 3.05) is 0 Å². The standard InChI is InChI=1S/Al.BH5Si.Ca.Na.6H/c;1-2;;;;;;;;/h;1H2,2H3;;;;;;;;. The van der Waals surface area contributed by atoms with E-state index >= 15 is 0 Å². The minimum atomic E-state index is 0. The fraction of sp³-hybridized carbons (Fsp3) is 0. The molecule has 0 amide bonds. The zero-order valence-corrected chi connectivity index (χ0v) is 4.00. The van der Waals surface area contributed by atoms with Crippen LogP contribution in [0.3, 0.4) is 0 Å². The van der Waals surface area contributed by atoms with Crippen LogP contribution in [0.5, 0.6) is 0 Å². The summed E-state index contributed by atoms with van der Waals surface area (Å²) in [6.07, 6.45) is 0. The molecular weight excluding hydrogens is 129 g/mol. The third-order valence-electron chi connectivity index (χ3n) is 0. The fourth-order valence-electron chi connectivity index (χ4n) is 0. The first-order valence-electron chi connectivity index (χ1n) is 1.00. The normalized spacial score (nSPS) is 1.60. The Morgan fingerprint density at radius 3 is 1.20 bits per heavy atom. The van der Waals surface area contributed by atoms with Gasteiger partial charge in [-0.15, -0.1) is 0 Å². The van der Waals surface area contributed by atoms with Gasteiger partial charge in [-0.1, -0.05) is 0 Å². The van der Waals surface area contributed by atoms with Crippen molar-refractivity contribution < 1.29 is 0 Å². The minimum absolute atomic E-state index is 0. The van der Waals surface area contributed by atoms with Gasteiger partial charge in [-0.2, -0.15) is 0 Å². The molecule has 0 aliphatic rings. The molecule has 0 aromatic heterocycles. The van der Waals surface area contributed by atoms with E-state index in [9.17, 15) is 0 Å². The van der Waals surface area contributed by atoms with Crippen LogP contribution in [-0.4, -0.2) is 102 Å². The van der Waals surface area contributed by atoms with Gasteiger partial charge in [-0.3, -0.25) is 0 Å². The van der Waals surface area contributed by atoms with Gasteiger partial charge in [0.05, 0.1) is 7.44 Å². The van der Waals surface area contributed by atoms with Crippen LogP contribution in [0.15, 0.2) is 0 Å². The molecule has 0 saturated heterocycles. The Morgan fingerprint density at radius 1 is 1.20 bits per heavy atom. The van der Waals surface area contributed by atoms with Crippen LogP contribution in [0.1, 0.15) is 0 Å². The van der Waals surface area contributed by atoms with E-state index in [0.717, 1.165) is 0 Å². The summed E-state index contributed by atoms with van der Waals surface area (Å²) in [5.41, 5.74) is 0. The molecule has 24 valence electrons. The van der Waals surface area contributed by atoms with Gasteiger partial charge in [0.2, 0.25) is 0 Å². The summed E-state index contributed by atoms with van der Waals surface area (Å²) < 4.78 is 0. The predicted octanol–water partition coefficient (Wildman–Crippen LogP) is -4.85. The Kier molecular flexibility index (Phi) is 134. The van der Waals surface area contributed by atoms with Crippen molar-refractivity contribution in [2.24, 2.45) is 0 Å². The SMILES string of the molecule is B[SiH3].[AlH3].[CaH2].[NaH]. The average Bonchev–Trinajstić information content (AvgIpc) is 1.00. The second-order valence-corrected chi connectivity index (χ2v) is 0. The maximum atomic E-state index is 2.14. The summed E-state index contributed by atoms with van der Waals surface area (Å²) in [5.74, 6) is 0. The molecule has 0 spiro atoms. The maximum absolute atomic E-state index is 2.14. The topological polar surface area (TPSA) is 0 Å². The molecule has 0 rings (SSSR count). The van der Waals surface area contributed by atoms with E-state index in [1.165, 1.54) is 10.1 Å². The van der Waals surface area contributed by atoms with Crippen LogP contribution in [0.25, 0.3) is 0 Å². The summed E-state index contributed by atoms with van der Waals surface area (Å²) in [4.78, 5) is 0. The Hall–Kier alpha value is 3.07. The van der Waals surface area contributed by atoms with E-state index in [0.29, 0.717) is 0 Å². The summed E-state index contributed by atoms with van der Waals surface area (Å²) >= 11 is 0. The Balaban J connectivity index is -0.00000000167. The average molecular weight is 140 g/mol. The summed E-state index contributed by atoms with van der Waals surface area (Å²) in [6, 6.07) is 0. The van der Waals surface area contributed by atoms with E-state index in [2.05, 4.69) is 7.44 Å². The first-order valence-corrected chi connectivity index (χ1v) is 3.00. The van der Waals surface area contributed by atoms with Crippen LogP contribution >= 0.6 is 0 Å². The van der Waals surface area contributed by atoms with Crippen molar-refractivity contribution in [1.82, 2.24) is 0 Å². The van der Waals surface area contributed by atoms with E-state index in [1.54, 1.807) is 0 Å². The van der Waals surface area contributed by atoms with E-state index in [-0.39, 0.29) is 84.7 Å². The molecule has 0 aromatic rings. The molecule has 0 nitrogen and oxygen atoms in total. The Labute approximate surface area is 100 Å². The third kappa shape index (κ3) is 19.3. The van der Waals surface area contributed by atoms with E-state index in [4.69, 9.17) is 0 Å². The summed E-state index contributed by atoms with van der Waals surface area (Å²) in [6.45, 7) is 0. The molecule has 0 aliphatic carbocycles. The fourth-order valence-corrected chi connectivity index (χ4v) is 0. The zero-order valence-electron chi connectivity index (χ0n) is 2.00. The van der Waals surface area contributed by atoms with Crippen LogP contribution < -0.4 is 0 Å². The Bertz CT molecular complexity index is 11.6. The van der Waals surface area contributed by atoms with Gasteiger partial charge in [0, 0.05) is 0 Å². The molecule has 5 heteroatoms. The number of hydrogen-bond acceptors (Lipinski definition) is 0. The molecule has 0 heterocycles. The monoisotopic (exact) mass is 140 g/mol. The molecule has 0 aromatic carbocycles. The quantitative estimate of drug-likeness (QED) is 0.296. The summed E-state index contributed by atoms with van der Waals surface area (Å²) in [7, 11) is 3.44. The van der Waals surface area contributed by atoms with Crippen LogP contribution in [0.2, 0.25) is 0 Å². The van der Waals surface area contributed by atoms with Crippen molar-refractivity contribution in [3.63, 3.8) is 0 Å². The molecule has 0 radical (unpaired) electrons.